The first kappa shape index (κ1) is 10.5. The number of aromatic amines is 1. The Morgan fingerprint density at radius 2 is 2.22 bits per heavy atom. The van der Waals surface area contributed by atoms with Crippen LogP contribution < -0.4 is 0 Å². The van der Waals surface area contributed by atoms with Crippen molar-refractivity contribution in [3.05, 3.63) is 36.3 Å². The van der Waals surface area contributed by atoms with Crippen LogP contribution in [-0.4, -0.2) is 30.8 Å². The lowest BCUT2D eigenvalue weighted by Gasteiger charge is -2.01. The van der Waals surface area contributed by atoms with Gasteiger partial charge >= 0.3 is 5.97 Å². The van der Waals surface area contributed by atoms with Crippen LogP contribution >= 0.6 is 0 Å². The second kappa shape index (κ2) is 3.69. The van der Waals surface area contributed by atoms with E-state index in [1.165, 1.54) is 0 Å². The minimum atomic E-state index is -1.03. The number of rotatable bonds is 2. The number of nitrogens with one attached hydrogen (secondary N) is 1. The lowest BCUT2D eigenvalue weighted by atomic mass is 10.1. The van der Waals surface area contributed by atoms with Gasteiger partial charge in [0, 0.05) is 12.6 Å². The van der Waals surface area contributed by atoms with Crippen molar-refractivity contribution < 1.29 is 9.90 Å². The fourth-order valence-electron chi connectivity index (χ4n) is 1.94. The molecule has 1 aromatic carbocycles. The number of imidazole rings is 1. The van der Waals surface area contributed by atoms with Gasteiger partial charge in [-0.1, -0.05) is 6.07 Å². The van der Waals surface area contributed by atoms with Gasteiger partial charge in [0.25, 0.3) is 0 Å². The molecule has 0 spiro atoms. The van der Waals surface area contributed by atoms with E-state index in [1.807, 2.05) is 18.2 Å². The van der Waals surface area contributed by atoms with Crippen LogP contribution in [-0.2, 0) is 7.05 Å². The fraction of sp³-hybridized carbons (Fsp3) is 0.0833. The molecule has 0 aliphatic heterocycles. The summed E-state index contributed by atoms with van der Waals surface area (Å²) in [6, 6.07) is 7.26. The number of aryl methyl sites for hydroxylation is 1. The van der Waals surface area contributed by atoms with Crippen LogP contribution in [0, 0.1) is 0 Å². The Bertz CT molecular complexity index is 741. The van der Waals surface area contributed by atoms with Crippen molar-refractivity contribution in [3.63, 3.8) is 0 Å². The number of nitrogens with zero attached hydrogens (tertiary/aromatic N) is 3. The molecular formula is C12H10N4O2. The average molecular weight is 242 g/mol. The van der Waals surface area contributed by atoms with E-state index < -0.39 is 5.97 Å². The highest BCUT2D eigenvalue weighted by Crippen LogP contribution is 2.23. The van der Waals surface area contributed by atoms with E-state index in [4.69, 9.17) is 5.11 Å². The summed E-state index contributed by atoms with van der Waals surface area (Å²) in [7, 11) is 1.72. The van der Waals surface area contributed by atoms with Crippen LogP contribution in [0.15, 0.2) is 30.6 Å². The fourth-order valence-corrected chi connectivity index (χ4v) is 1.94. The van der Waals surface area contributed by atoms with Crippen molar-refractivity contribution in [1.82, 2.24) is 19.7 Å². The molecular weight excluding hydrogens is 232 g/mol. The number of carboxylic acids is 1. The molecule has 0 aliphatic rings. The summed E-state index contributed by atoms with van der Waals surface area (Å²) in [6.07, 6.45) is 1.63. The van der Waals surface area contributed by atoms with Gasteiger partial charge in [-0.15, -0.1) is 0 Å². The minimum absolute atomic E-state index is 0.0391. The molecule has 0 fully saturated rings. The van der Waals surface area contributed by atoms with Crippen LogP contribution in [0.3, 0.4) is 0 Å². The highest BCUT2D eigenvalue weighted by molar-refractivity contribution is 5.88. The number of hydrogen-bond donors (Lipinski definition) is 2. The molecule has 0 atom stereocenters. The molecule has 0 saturated heterocycles. The molecule has 0 unspecified atom stereocenters. The normalized spacial score (nSPS) is 10.9. The predicted molar refractivity (Wildman–Crippen MR) is 65.3 cm³/mol. The summed E-state index contributed by atoms with van der Waals surface area (Å²) in [5, 5.41) is 12.9. The monoisotopic (exact) mass is 242 g/mol. The first-order chi connectivity index (χ1) is 8.65. The quantitative estimate of drug-likeness (QED) is 0.715. The summed E-state index contributed by atoms with van der Waals surface area (Å²) in [6.45, 7) is 0. The Morgan fingerprint density at radius 3 is 2.94 bits per heavy atom. The van der Waals surface area contributed by atoms with Crippen LogP contribution in [0.4, 0.5) is 0 Å². The Hall–Kier alpha value is -2.63. The van der Waals surface area contributed by atoms with Crippen LogP contribution in [0.1, 0.15) is 10.5 Å². The second-order valence-electron chi connectivity index (χ2n) is 3.98. The smallest absolute Gasteiger partial charge is 0.356 e. The van der Waals surface area contributed by atoms with Gasteiger partial charge in [0.2, 0.25) is 0 Å². The van der Waals surface area contributed by atoms with Gasteiger partial charge in [-0.3, -0.25) is 4.68 Å². The number of aromatic carboxylic acids is 1. The van der Waals surface area contributed by atoms with Gasteiger partial charge < -0.3 is 10.1 Å². The predicted octanol–water partition coefficient (Wildman–Crippen LogP) is 1.66. The number of carbonyl (C=O) groups is 1. The number of hydrogen-bond acceptors (Lipinski definition) is 3. The highest BCUT2D eigenvalue weighted by Gasteiger charge is 2.12. The Kier molecular flexibility index (Phi) is 2.16. The van der Waals surface area contributed by atoms with E-state index in [-0.39, 0.29) is 5.69 Å². The Morgan fingerprint density at radius 1 is 1.39 bits per heavy atom. The summed E-state index contributed by atoms with van der Waals surface area (Å²) < 4.78 is 1.56. The maximum Gasteiger partial charge on any atom is 0.356 e. The van der Waals surface area contributed by atoms with Crippen molar-refractivity contribution in [3.8, 4) is 11.3 Å². The molecule has 6 nitrogen and oxygen atoms in total. The average Bonchev–Trinajstić information content (AvgIpc) is 2.93. The van der Waals surface area contributed by atoms with Gasteiger partial charge in [-0.2, -0.15) is 5.10 Å². The third-order valence-corrected chi connectivity index (χ3v) is 2.81. The lowest BCUT2D eigenvalue weighted by molar-refractivity contribution is 0.0689. The zero-order chi connectivity index (χ0) is 12.7. The standard InChI is InChI=1S/C12H10N4O2/c1-16-11(5-10(15-16)12(17)18)7-2-3-8-9(4-7)14-6-13-8/h2-6H,1H3,(H,13,14)(H,17,18). The molecule has 18 heavy (non-hydrogen) atoms. The van der Waals surface area contributed by atoms with E-state index in [1.54, 1.807) is 24.1 Å². The first-order valence-corrected chi connectivity index (χ1v) is 5.36. The van der Waals surface area contributed by atoms with Crippen molar-refractivity contribution >= 4 is 17.0 Å². The molecule has 3 aromatic rings. The largest absolute Gasteiger partial charge is 0.476 e. The maximum atomic E-state index is 10.9. The molecule has 0 radical (unpaired) electrons. The summed E-state index contributed by atoms with van der Waals surface area (Å²) in [5.74, 6) is -1.03. The van der Waals surface area contributed by atoms with Gasteiger partial charge in [0.1, 0.15) is 0 Å². The third-order valence-electron chi connectivity index (χ3n) is 2.81. The van der Waals surface area contributed by atoms with Crippen molar-refractivity contribution in [1.29, 1.82) is 0 Å². The number of aromatic nitrogens is 4. The molecule has 6 heteroatoms. The van der Waals surface area contributed by atoms with E-state index in [2.05, 4.69) is 15.1 Å². The van der Waals surface area contributed by atoms with E-state index in [9.17, 15) is 4.79 Å². The molecule has 0 aliphatic carbocycles. The van der Waals surface area contributed by atoms with Gasteiger partial charge in [-0.25, -0.2) is 9.78 Å². The summed E-state index contributed by atoms with van der Waals surface area (Å²) >= 11 is 0. The van der Waals surface area contributed by atoms with E-state index in [0.29, 0.717) is 0 Å². The number of carboxylic acid groups (broad SMARTS) is 1. The topological polar surface area (TPSA) is 83.8 Å². The van der Waals surface area contributed by atoms with Gasteiger partial charge in [0.05, 0.1) is 23.1 Å². The molecule has 3 rings (SSSR count). The summed E-state index contributed by atoms with van der Waals surface area (Å²) in [5.41, 5.74) is 3.47. The molecule has 0 amide bonds. The number of fused-ring (bicyclic) bond motifs is 1. The molecule has 0 saturated carbocycles. The SMILES string of the molecule is Cn1nc(C(=O)O)cc1-c1ccc2nc[nH]c2c1. The van der Waals surface area contributed by atoms with Crippen molar-refractivity contribution in [2.45, 2.75) is 0 Å². The third kappa shape index (κ3) is 1.55. The minimum Gasteiger partial charge on any atom is -0.476 e. The number of benzene rings is 1. The molecule has 2 N–H and O–H groups in total. The first-order valence-electron chi connectivity index (χ1n) is 5.36. The second-order valence-corrected chi connectivity index (χ2v) is 3.98. The van der Waals surface area contributed by atoms with Crippen molar-refractivity contribution in [2.24, 2.45) is 7.05 Å². The lowest BCUT2D eigenvalue weighted by Crippen LogP contribution is -1.99. The van der Waals surface area contributed by atoms with E-state index in [0.717, 1.165) is 22.3 Å². The van der Waals surface area contributed by atoms with E-state index >= 15 is 0 Å². The maximum absolute atomic E-state index is 10.9. The molecule has 90 valence electrons. The molecule has 0 bridgehead atoms. The number of H-pyrrole nitrogens is 1. The molecule has 2 heterocycles. The zero-order valence-corrected chi connectivity index (χ0v) is 9.58. The molecule has 2 aromatic heterocycles. The Balaban J connectivity index is 2.15. The Labute approximate surface area is 102 Å². The van der Waals surface area contributed by atoms with Crippen molar-refractivity contribution in [2.75, 3.05) is 0 Å². The van der Waals surface area contributed by atoms with Crippen LogP contribution in [0.25, 0.3) is 22.3 Å². The van der Waals surface area contributed by atoms with Gasteiger partial charge in [-0.05, 0) is 18.2 Å². The van der Waals surface area contributed by atoms with Gasteiger partial charge in [0.15, 0.2) is 5.69 Å². The van der Waals surface area contributed by atoms with Crippen LogP contribution in [0.5, 0.6) is 0 Å². The van der Waals surface area contributed by atoms with Crippen LogP contribution in [0.2, 0.25) is 0 Å². The summed E-state index contributed by atoms with van der Waals surface area (Å²) in [4.78, 5) is 18.0. The highest BCUT2D eigenvalue weighted by atomic mass is 16.4. The zero-order valence-electron chi connectivity index (χ0n) is 9.58.